The van der Waals surface area contributed by atoms with Crippen molar-refractivity contribution < 1.29 is 4.79 Å². The van der Waals surface area contributed by atoms with Crippen molar-refractivity contribution in [2.45, 2.75) is 39.3 Å². The molecule has 2 aromatic heterocycles. The molecule has 0 radical (unpaired) electrons. The Labute approximate surface area is 147 Å². The number of carbonyl (C=O) groups excluding carboxylic acids is 1. The van der Waals surface area contributed by atoms with Crippen molar-refractivity contribution in [3.05, 3.63) is 59.5 Å². The highest BCUT2D eigenvalue weighted by Gasteiger charge is 2.30. The normalized spacial score (nSPS) is 17.4. The van der Waals surface area contributed by atoms with Crippen LogP contribution in [0.15, 0.2) is 42.5 Å². The van der Waals surface area contributed by atoms with E-state index >= 15 is 0 Å². The minimum absolute atomic E-state index is 0.0229. The first-order valence-corrected chi connectivity index (χ1v) is 8.79. The highest BCUT2D eigenvalue weighted by atomic mass is 16.2. The molecule has 1 atom stereocenters. The van der Waals surface area contributed by atoms with Gasteiger partial charge in [-0.3, -0.25) is 9.48 Å². The fourth-order valence-corrected chi connectivity index (χ4v) is 3.68. The summed E-state index contributed by atoms with van der Waals surface area (Å²) in [5.74, 6) is 0.0229. The minimum atomic E-state index is 0.0229. The predicted octanol–water partition coefficient (Wildman–Crippen LogP) is 3.35. The summed E-state index contributed by atoms with van der Waals surface area (Å²) in [5, 5.41) is 5.60. The lowest BCUT2D eigenvalue weighted by molar-refractivity contribution is 0.0715. The number of aryl methyl sites for hydroxylation is 2. The molecular weight excluding hydrogens is 312 g/mol. The van der Waals surface area contributed by atoms with Crippen LogP contribution in [0, 0.1) is 13.8 Å². The summed E-state index contributed by atoms with van der Waals surface area (Å²) >= 11 is 0. The van der Waals surface area contributed by atoms with E-state index in [4.69, 9.17) is 0 Å². The van der Waals surface area contributed by atoms with Gasteiger partial charge in [0.2, 0.25) is 0 Å². The van der Waals surface area contributed by atoms with E-state index in [0.717, 1.165) is 48.2 Å². The topological polar surface area (TPSA) is 51.0 Å². The number of nitrogens with zero attached hydrogens (tertiary/aromatic N) is 4. The van der Waals surface area contributed by atoms with Crippen LogP contribution in [0.2, 0.25) is 0 Å². The van der Waals surface area contributed by atoms with Gasteiger partial charge in [0, 0.05) is 17.6 Å². The van der Waals surface area contributed by atoms with Crippen LogP contribution in [0.1, 0.15) is 34.7 Å². The van der Waals surface area contributed by atoms with Crippen molar-refractivity contribution in [3.8, 4) is 0 Å². The zero-order valence-corrected chi connectivity index (χ0v) is 14.6. The molecule has 1 aliphatic heterocycles. The first-order valence-electron chi connectivity index (χ1n) is 8.79. The Kier molecular flexibility index (Phi) is 3.99. The van der Waals surface area contributed by atoms with Crippen LogP contribution in [-0.4, -0.2) is 38.2 Å². The van der Waals surface area contributed by atoms with Gasteiger partial charge in [0.1, 0.15) is 5.69 Å². The lowest BCUT2D eigenvalue weighted by Crippen LogP contribution is -2.38. The number of amides is 1. The van der Waals surface area contributed by atoms with E-state index in [1.807, 2.05) is 52.9 Å². The van der Waals surface area contributed by atoms with E-state index in [9.17, 15) is 4.79 Å². The summed E-state index contributed by atoms with van der Waals surface area (Å²) in [6.07, 6.45) is 2.04. The largest absolute Gasteiger partial charge is 0.332 e. The molecule has 3 aromatic rings. The number of carbonyl (C=O) groups is 1. The Morgan fingerprint density at radius 1 is 1.20 bits per heavy atom. The number of likely N-dealkylation sites (tertiary alicyclic amines) is 1. The summed E-state index contributed by atoms with van der Waals surface area (Å²) in [6.45, 7) is 5.60. The Morgan fingerprint density at radius 2 is 2.04 bits per heavy atom. The van der Waals surface area contributed by atoms with Crippen molar-refractivity contribution >= 4 is 16.8 Å². The summed E-state index contributed by atoms with van der Waals surface area (Å²) in [7, 11) is 0. The fourth-order valence-electron chi connectivity index (χ4n) is 3.68. The minimum Gasteiger partial charge on any atom is -0.332 e. The molecule has 0 spiro atoms. The molecule has 0 bridgehead atoms. The van der Waals surface area contributed by atoms with Gasteiger partial charge >= 0.3 is 0 Å². The summed E-state index contributed by atoms with van der Waals surface area (Å²) < 4.78 is 2.01. The maximum atomic E-state index is 13.0. The molecule has 4 rings (SSSR count). The summed E-state index contributed by atoms with van der Waals surface area (Å²) in [5.41, 5.74) is 3.55. The van der Waals surface area contributed by atoms with Crippen LogP contribution in [-0.2, 0) is 6.54 Å². The van der Waals surface area contributed by atoms with Crippen LogP contribution >= 0.6 is 0 Å². The predicted molar refractivity (Wildman–Crippen MR) is 97.5 cm³/mol. The van der Waals surface area contributed by atoms with Crippen molar-refractivity contribution in [2.75, 3.05) is 6.54 Å². The highest BCUT2D eigenvalue weighted by molar-refractivity contribution is 5.95. The van der Waals surface area contributed by atoms with Crippen molar-refractivity contribution in [1.82, 2.24) is 19.7 Å². The van der Waals surface area contributed by atoms with Crippen molar-refractivity contribution in [1.29, 1.82) is 0 Å². The number of rotatable bonds is 3. The lowest BCUT2D eigenvalue weighted by Gasteiger charge is -2.25. The lowest BCUT2D eigenvalue weighted by atomic mass is 10.2. The van der Waals surface area contributed by atoms with E-state index in [0.29, 0.717) is 5.69 Å². The van der Waals surface area contributed by atoms with E-state index < -0.39 is 0 Å². The molecule has 3 heterocycles. The molecule has 1 saturated heterocycles. The SMILES string of the molecule is Cc1cc(C)n(C[C@@H]2CCCN2C(=O)c2ccc3ccccc3n2)n1. The van der Waals surface area contributed by atoms with Crippen LogP contribution in [0.4, 0.5) is 0 Å². The second kappa shape index (κ2) is 6.31. The molecule has 0 N–H and O–H groups in total. The summed E-state index contributed by atoms with van der Waals surface area (Å²) in [4.78, 5) is 19.6. The number of benzene rings is 1. The first kappa shape index (κ1) is 15.8. The smallest absolute Gasteiger partial charge is 0.272 e. The van der Waals surface area contributed by atoms with E-state index in [-0.39, 0.29) is 11.9 Å². The molecule has 25 heavy (non-hydrogen) atoms. The van der Waals surface area contributed by atoms with E-state index in [1.165, 1.54) is 0 Å². The fraction of sp³-hybridized carbons (Fsp3) is 0.350. The molecule has 1 aliphatic rings. The molecule has 5 heteroatoms. The monoisotopic (exact) mass is 334 g/mol. The molecule has 0 aliphatic carbocycles. The van der Waals surface area contributed by atoms with Gasteiger partial charge in [-0.2, -0.15) is 5.10 Å². The van der Waals surface area contributed by atoms with Crippen molar-refractivity contribution in [3.63, 3.8) is 0 Å². The molecule has 1 fully saturated rings. The van der Waals surface area contributed by atoms with Crippen LogP contribution < -0.4 is 0 Å². The molecule has 1 aromatic carbocycles. The van der Waals surface area contributed by atoms with Crippen LogP contribution in [0.25, 0.3) is 10.9 Å². The molecule has 1 amide bonds. The van der Waals surface area contributed by atoms with Gasteiger partial charge in [0.25, 0.3) is 5.91 Å². The standard InChI is InChI=1S/C20H22N4O/c1-14-12-15(2)24(22-14)13-17-7-5-11-23(17)20(25)19-10-9-16-6-3-4-8-18(16)21-19/h3-4,6,8-10,12,17H,5,7,11,13H2,1-2H3/t17-/m0/s1. The third kappa shape index (κ3) is 3.02. The van der Waals surface area contributed by atoms with E-state index in [1.54, 1.807) is 0 Å². The van der Waals surface area contributed by atoms with Gasteiger partial charge in [-0.05, 0) is 44.9 Å². The zero-order chi connectivity index (χ0) is 17.4. The molecular formula is C20H22N4O. The Bertz CT molecular complexity index is 930. The maximum absolute atomic E-state index is 13.0. The van der Waals surface area contributed by atoms with Gasteiger partial charge in [-0.25, -0.2) is 4.98 Å². The van der Waals surface area contributed by atoms with Gasteiger partial charge < -0.3 is 4.90 Å². The van der Waals surface area contributed by atoms with Gasteiger partial charge in [-0.1, -0.05) is 24.3 Å². The number of hydrogen-bond donors (Lipinski definition) is 0. The summed E-state index contributed by atoms with van der Waals surface area (Å²) in [6, 6.07) is 14.0. The Hall–Kier alpha value is -2.69. The second-order valence-corrected chi connectivity index (χ2v) is 6.79. The first-order chi connectivity index (χ1) is 12.1. The number of hydrogen-bond acceptors (Lipinski definition) is 3. The number of fused-ring (bicyclic) bond motifs is 1. The molecule has 0 unspecified atom stereocenters. The highest BCUT2D eigenvalue weighted by Crippen LogP contribution is 2.22. The Balaban J connectivity index is 1.58. The van der Waals surface area contributed by atoms with Gasteiger partial charge in [0.05, 0.1) is 23.8 Å². The maximum Gasteiger partial charge on any atom is 0.272 e. The number of aromatic nitrogens is 3. The zero-order valence-electron chi connectivity index (χ0n) is 14.6. The van der Waals surface area contributed by atoms with Crippen LogP contribution in [0.5, 0.6) is 0 Å². The van der Waals surface area contributed by atoms with Gasteiger partial charge in [0.15, 0.2) is 0 Å². The third-order valence-electron chi connectivity index (χ3n) is 4.94. The quantitative estimate of drug-likeness (QED) is 0.738. The third-order valence-corrected chi connectivity index (χ3v) is 4.94. The Morgan fingerprint density at radius 3 is 2.84 bits per heavy atom. The van der Waals surface area contributed by atoms with Gasteiger partial charge in [-0.15, -0.1) is 0 Å². The van der Waals surface area contributed by atoms with Crippen molar-refractivity contribution in [2.24, 2.45) is 0 Å². The average molecular weight is 334 g/mol. The number of pyridine rings is 1. The second-order valence-electron chi connectivity index (χ2n) is 6.79. The van der Waals surface area contributed by atoms with E-state index in [2.05, 4.69) is 23.1 Å². The molecule has 128 valence electrons. The molecule has 5 nitrogen and oxygen atoms in total. The average Bonchev–Trinajstić information content (AvgIpc) is 3.20. The molecule has 0 saturated carbocycles. The number of para-hydroxylation sites is 1. The van der Waals surface area contributed by atoms with Crippen LogP contribution in [0.3, 0.4) is 0 Å².